The number of para-hydroxylation sites is 1. The van der Waals surface area contributed by atoms with Gasteiger partial charge in [0.15, 0.2) is 0 Å². The van der Waals surface area contributed by atoms with Crippen molar-refractivity contribution in [1.29, 1.82) is 0 Å². The van der Waals surface area contributed by atoms with Gasteiger partial charge in [-0.1, -0.05) is 24.3 Å². The molecule has 5 nitrogen and oxygen atoms in total. The molecule has 0 spiro atoms. The Morgan fingerprint density at radius 3 is 2.52 bits per heavy atom. The molecule has 0 aliphatic rings. The van der Waals surface area contributed by atoms with Crippen LogP contribution in [0.2, 0.25) is 0 Å². The minimum Gasteiger partial charge on any atom is -0.492 e. The average molecular weight is 438 g/mol. The molecule has 27 heavy (non-hydrogen) atoms. The quantitative estimate of drug-likeness (QED) is 0.472. The Bertz CT molecular complexity index is 767. The van der Waals surface area contributed by atoms with Gasteiger partial charge < -0.3 is 14.8 Å². The standard InChI is InChI=1S/C20H21BrFNO4/c1-26-20(25)13-17(14-8-10-15(22)11-9-14)23-19(24)7-4-12-27-18-6-3-2-5-16(18)21/h2-3,5-6,8-11,17H,4,7,12-13H2,1H3,(H,23,24). The Hall–Kier alpha value is -2.41. The Labute approximate surface area is 166 Å². The molecule has 0 fully saturated rings. The summed E-state index contributed by atoms with van der Waals surface area (Å²) in [6.07, 6.45) is 0.728. The molecule has 2 aromatic rings. The molecule has 144 valence electrons. The molecule has 1 atom stereocenters. The van der Waals surface area contributed by atoms with Crippen LogP contribution in [0, 0.1) is 5.82 Å². The van der Waals surface area contributed by atoms with E-state index < -0.39 is 12.0 Å². The summed E-state index contributed by atoms with van der Waals surface area (Å²) in [5.41, 5.74) is 0.639. The molecule has 1 N–H and O–H groups in total. The van der Waals surface area contributed by atoms with Crippen molar-refractivity contribution in [2.75, 3.05) is 13.7 Å². The smallest absolute Gasteiger partial charge is 0.307 e. The normalized spacial score (nSPS) is 11.5. The number of carbonyl (C=O) groups is 2. The number of carbonyl (C=O) groups excluding carboxylic acids is 2. The van der Waals surface area contributed by atoms with E-state index in [1.54, 1.807) is 12.1 Å². The highest BCUT2D eigenvalue weighted by Gasteiger charge is 2.19. The van der Waals surface area contributed by atoms with Crippen LogP contribution in [0.3, 0.4) is 0 Å². The van der Waals surface area contributed by atoms with Gasteiger partial charge in [0.2, 0.25) is 5.91 Å². The fraction of sp³-hybridized carbons (Fsp3) is 0.300. The zero-order valence-electron chi connectivity index (χ0n) is 14.9. The number of hydrogen-bond donors (Lipinski definition) is 1. The van der Waals surface area contributed by atoms with E-state index in [-0.39, 0.29) is 24.6 Å². The highest BCUT2D eigenvalue weighted by atomic mass is 79.9. The van der Waals surface area contributed by atoms with E-state index in [1.165, 1.54) is 19.2 Å². The minimum absolute atomic E-state index is 0.0265. The summed E-state index contributed by atoms with van der Waals surface area (Å²) < 4.78 is 24.3. The molecule has 2 aromatic carbocycles. The van der Waals surface area contributed by atoms with Crippen LogP contribution in [0.25, 0.3) is 0 Å². The molecule has 2 rings (SSSR count). The first kappa shape index (κ1) is 20.9. The summed E-state index contributed by atoms with van der Waals surface area (Å²) in [6.45, 7) is 0.383. The number of benzene rings is 2. The lowest BCUT2D eigenvalue weighted by Gasteiger charge is -2.18. The average Bonchev–Trinajstić information content (AvgIpc) is 2.66. The number of esters is 1. The second kappa shape index (κ2) is 10.7. The van der Waals surface area contributed by atoms with Crippen LogP contribution in [0.4, 0.5) is 4.39 Å². The second-order valence-electron chi connectivity index (χ2n) is 5.83. The van der Waals surface area contributed by atoms with Crippen LogP contribution >= 0.6 is 15.9 Å². The topological polar surface area (TPSA) is 64.6 Å². The Morgan fingerprint density at radius 2 is 1.85 bits per heavy atom. The molecule has 0 aliphatic heterocycles. The number of halogens is 2. The van der Waals surface area contributed by atoms with Crippen molar-refractivity contribution >= 4 is 27.8 Å². The maximum atomic E-state index is 13.1. The molecule has 0 bridgehead atoms. The number of rotatable bonds is 9. The van der Waals surface area contributed by atoms with E-state index in [0.717, 1.165) is 4.47 Å². The van der Waals surface area contributed by atoms with Gasteiger partial charge in [0.25, 0.3) is 0 Å². The molecule has 0 aromatic heterocycles. The lowest BCUT2D eigenvalue weighted by molar-refractivity contribution is -0.141. The van der Waals surface area contributed by atoms with E-state index in [9.17, 15) is 14.0 Å². The van der Waals surface area contributed by atoms with Gasteiger partial charge in [-0.3, -0.25) is 9.59 Å². The molecule has 1 amide bonds. The van der Waals surface area contributed by atoms with Gasteiger partial charge in [-0.15, -0.1) is 0 Å². The lowest BCUT2D eigenvalue weighted by atomic mass is 10.0. The van der Waals surface area contributed by atoms with Crippen LogP contribution in [0.5, 0.6) is 5.75 Å². The summed E-state index contributed by atoms with van der Waals surface area (Å²) in [4.78, 5) is 23.9. The first-order valence-electron chi connectivity index (χ1n) is 8.48. The van der Waals surface area contributed by atoms with Crippen molar-refractivity contribution in [3.8, 4) is 5.75 Å². The third kappa shape index (κ3) is 7.02. The van der Waals surface area contributed by atoms with Crippen molar-refractivity contribution in [2.24, 2.45) is 0 Å². The summed E-state index contributed by atoms with van der Waals surface area (Å²) in [5, 5.41) is 2.80. The minimum atomic E-state index is -0.574. The van der Waals surface area contributed by atoms with Gasteiger partial charge in [-0.05, 0) is 52.2 Å². The third-order valence-electron chi connectivity index (χ3n) is 3.85. The maximum absolute atomic E-state index is 13.1. The Kier molecular flexibility index (Phi) is 8.26. The van der Waals surface area contributed by atoms with E-state index in [1.807, 2.05) is 24.3 Å². The van der Waals surface area contributed by atoms with Crippen molar-refractivity contribution in [1.82, 2.24) is 5.32 Å². The van der Waals surface area contributed by atoms with Gasteiger partial charge in [0.05, 0.1) is 30.7 Å². The predicted molar refractivity (Wildman–Crippen MR) is 103 cm³/mol. The number of amides is 1. The Morgan fingerprint density at radius 1 is 1.15 bits per heavy atom. The molecule has 0 heterocycles. The molecule has 0 radical (unpaired) electrons. The van der Waals surface area contributed by atoms with Crippen molar-refractivity contribution in [3.05, 3.63) is 64.4 Å². The van der Waals surface area contributed by atoms with E-state index >= 15 is 0 Å². The molecular formula is C20H21BrFNO4. The SMILES string of the molecule is COC(=O)CC(NC(=O)CCCOc1ccccc1Br)c1ccc(F)cc1. The number of nitrogens with one attached hydrogen (secondary N) is 1. The zero-order chi connectivity index (χ0) is 19.6. The van der Waals surface area contributed by atoms with Gasteiger partial charge in [0.1, 0.15) is 11.6 Å². The maximum Gasteiger partial charge on any atom is 0.307 e. The van der Waals surface area contributed by atoms with Crippen LogP contribution in [-0.2, 0) is 14.3 Å². The summed E-state index contributed by atoms with van der Waals surface area (Å²) in [7, 11) is 1.28. The first-order chi connectivity index (χ1) is 13.0. The zero-order valence-corrected chi connectivity index (χ0v) is 16.5. The van der Waals surface area contributed by atoms with Gasteiger partial charge in [0, 0.05) is 6.42 Å². The van der Waals surface area contributed by atoms with E-state index in [2.05, 4.69) is 26.0 Å². The van der Waals surface area contributed by atoms with Crippen molar-refractivity contribution < 1.29 is 23.5 Å². The molecule has 0 saturated heterocycles. The molecular weight excluding hydrogens is 417 g/mol. The monoisotopic (exact) mass is 437 g/mol. The predicted octanol–water partition coefficient (Wildman–Crippen LogP) is 4.17. The molecule has 0 aliphatic carbocycles. The van der Waals surface area contributed by atoms with Crippen molar-refractivity contribution in [2.45, 2.75) is 25.3 Å². The van der Waals surface area contributed by atoms with Crippen LogP contribution < -0.4 is 10.1 Å². The largest absolute Gasteiger partial charge is 0.492 e. The van der Waals surface area contributed by atoms with Crippen molar-refractivity contribution in [3.63, 3.8) is 0 Å². The third-order valence-corrected chi connectivity index (χ3v) is 4.50. The fourth-order valence-corrected chi connectivity index (χ4v) is 2.84. The highest BCUT2D eigenvalue weighted by molar-refractivity contribution is 9.10. The van der Waals surface area contributed by atoms with Gasteiger partial charge in [-0.2, -0.15) is 0 Å². The summed E-state index contributed by atoms with van der Waals surface area (Å²) >= 11 is 3.40. The summed E-state index contributed by atoms with van der Waals surface area (Å²) in [6, 6.07) is 12.6. The van der Waals surface area contributed by atoms with Crippen LogP contribution in [0.1, 0.15) is 30.9 Å². The number of ether oxygens (including phenoxy) is 2. The number of hydrogen-bond acceptors (Lipinski definition) is 4. The lowest BCUT2D eigenvalue weighted by Crippen LogP contribution is -2.30. The van der Waals surface area contributed by atoms with E-state index in [0.29, 0.717) is 24.3 Å². The number of methoxy groups -OCH3 is 1. The first-order valence-corrected chi connectivity index (χ1v) is 9.28. The Balaban J connectivity index is 1.86. The van der Waals surface area contributed by atoms with Gasteiger partial charge >= 0.3 is 5.97 Å². The summed E-state index contributed by atoms with van der Waals surface area (Å²) in [5.74, 6) is -0.343. The second-order valence-corrected chi connectivity index (χ2v) is 6.69. The molecule has 1 unspecified atom stereocenters. The fourth-order valence-electron chi connectivity index (χ4n) is 2.44. The molecule has 7 heteroatoms. The molecule has 0 saturated carbocycles. The van der Waals surface area contributed by atoms with Crippen LogP contribution in [-0.4, -0.2) is 25.6 Å². The van der Waals surface area contributed by atoms with Crippen LogP contribution in [0.15, 0.2) is 53.0 Å². The highest BCUT2D eigenvalue weighted by Crippen LogP contribution is 2.24. The van der Waals surface area contributed by atoms with Gasteiger partial charge in [-0.25, -0.2) is 4.39 Å². The van der Waals surface area contributed by atoms with E-state index in [4.69, 9.17) is 4.74 Å².